The van der Waals surface area contributed by atoms with Crippen LogP contribution in [0.2, 0.25) is 10.0 Å². The molecule has 0 spiro atoms. The lowest BCUT2D eigenvalue weighted by atomic mass is 10.1. The van der Waals surface area contributed by atoms with Gasteiger partial charge >= 0.3 is 6.61 Å². The van der Waals surface area contributed by atoms with Crippen LogP contribution in [0, 0.1) is 5.92 Å². The van der Waals surface area contributed by atoms with E-state index in [1.807, 2.05) is 0 Å². The number of carbonyl (C=O) groups excluding carboxylic acids is 1. The summed E-state index contributed by atoms with van der Waals surface area (Å²) in [5.74, 6) is -0.376. The molecule has 5 nitrogen and oxygen atoms in total. The Morgan fingerprint density at radius 3 is 2.31 bits per heavy atom. The van der Waals surface area contributed by atoms with Crippen molar-refractivity contribution in [3.05, 3.63) is 57.8 Å². The number of carbonyl (C=O) groups is 1. The number of nitrogens with one attached hydrogen (secondary N) is 1. The van der Waals surface area contributed by atoms with Crippen LogP contribution in [0.1, 0.15) is 34.9 Å². The molecular formula is C17H14Cl2F2N2O3. The highest BCUT2D eigenvalue weighted by molar-refractivity contribution is 6.35. The zero-order valence-electron chi connectivity index (χ0n) is 13.3. The van der Waals surface area contributed by atoms with Gasteiger partial charge in [-0.1, -0.05) is 23.2 Å². The van der Waals surface area contributed by atoms with Gasteiger partial charge in [-0.2, -0.15) is 8.78 Å². The monoisotopic (exact) mass is 402 g/mol. The quantitative estimate of drug-likeness (QED) is 0.675. The molecule has 138 valence electrons. The van der Waals surface area contributed by atoms with E-state index >= 15 is 0 Å². The van der Waals surface area contributed by atoms with E-state index in [2.05, 4.69) is 15.2 Å². The van der Waals surface area contributed by atoms with Gasteiger partial charge in [-0.3, -0.25) is 14.6 Å². The molecule has 1 N–H and O–H groups in total. The number of hydrogen-bond acceptors (Lipinski definition) is 4. The second-order valence-electron chi connectivity index (χ2n) is 5.73. The molecule has 1 aliphatic rings. The Morgan fingerprint density at radius 1 is 1.15 bits per heavy atom. The van der Waals surface area contributed by atoms with Crippen molar-refractivity contribution < 1.29 is 23.1 Å². The SMILES string of the molecule is O=C(NOC(c1c(Cl)cncc1Cl)C1CC1)c1ccc(OC(F)F)cc1. The highest BCUT2D eigenvalue weighted by atomic mass is 35.5. The van der Waals surface area contributed by atoms with E-state index in [1.165, 1.54) is 36.7 Å². The predicted octanol–water partition coefficient (Wildman–Crippen LogP) is 4.80. The summed E-state index contributed by atoms with van der Waals surface area (Å²) in [7, 11) is 0. The third-order valence-electron chi connectivity index (χ3n) is 3.85. The molecule has 0 saturated heterocycles. The Bertz CT molecular complexity index is 766. The minimum absolute atomic E-state index is 0.0383. The van der Waals surface area contributed by atoms with Gasteiger partial charge in [0, 0.05) is 23.5 Å². The first-order valence-electron chi connectivity index (χ1n) is 7.75. The van der Waals surface area contributed by atoms with Crippen LogP contribution in [0.4, 0.5) is 8.78 Å². The Morgan fingerprint density at radius 2 is 1.77 bits per heavy atom. The molecule has 26 heavy (non-hydrogen) atoms. The summed E-state index contributed by atoms with van der Waals surface area (Å²) in [6.45, 7) is -2.92. The molecule has 0 aliphatic heterocycles. The second kappa shape index (κ2) is 8.16. The third kappa shape index (κ3) is 4.60. The number of ether oxygens (including phenoxy) is 1. The van der Waals surface area contributed by atoms with E-state index in [0.717, 1.165) is 12.8 Å². The minimum Gasteiger partial charge on any atom is -0.435 e. The van der Waals surface area contributed by atoms with Gasteiger partial charge in [0.25, 0.3) is 5.91 Å². The first-order valence-corrected chi connectivity index (χ1v) is 8.51. The maximum absolute atomic E-state index is 12.2. The smallest absolute Gasteiger partial charge is 0.387 e. The molecule has 2 aromatic rings. The van der Waals surface area contributed by atoms with Gasteiger partial charge in [-0.15, -0.1) is 0 Å². The zero-order chi connectivity index (χ0) is 18.7. The molecule has 0 radical (unpaired) electrons. The van der Waals surface area contributed by atoms with Crippen molar-refractivity contribution in [3.63, 3.8) is 0 Å². The van der Waals surface area contributed by atoms with E-state index in [9.17, 15) is 13.6 Å². The van der Waals surface area contributed by atoms with Crippen molar-refractivity contribution in [2.45, 2.75) is 25.6 Å². The van der Waals surface area contributed by atoms with Gasteiger partial charge < -0.3 is 4.74 Å². The molecule has 1 atom stereocenters. The summed E-state index contributed by atoms with van der Waals surface area (Å²) in [5.41, 5.74) is 3.17. The topological polar surface area (TPSA) is 60.5 Å². The van der Waals surface area contributed by atoms with E-state index in [0.29, 0.717) is 15.6 Å². The van der Waals surface area contributed by atoms with Crippen molar-refractivity contribution in [1.82, 2.24) is 10.5 Å². The molecule has 1 aromatic carbocycles. The average Bonchev–Trinajstić information content (AvgIpc) is 3.42. The van der Waals surface area contributed by atoms with Crippen molar-refractivity contribution in [2.24, 2.45) is 5.92 Å². The van der Waals surface area contributed by atoms with Gasteiger partial charge in [0.15, 0.2) is 0 Å². The normalized spacial score (nSPS) is 15.0. The highest BCUT2D eigenvalue weighted by Crippen LogP contribution is 2.46. The van der Waals surface area contributed by atoms with Crippen molar-refractivity contribution >= 4 is 29.1 Å². The number of hydroxylamine groups is 1. The van der Waals surface area contributed by atoms with Crippen LogP contribution in [0.3, 0.4) is 0 Å². The van der Waals surface area contributed by atoms with E-state index in [1.54, 1.807) is 0 Å². The molecule has 1 saturated carbocycles. The Labute approximate surface area is 158 Å². The van der Waals surface area contributed by atoms with Gasteiger partial charge in [0.1, 0.15) is 11.9 Å². The van der Waals surface area contributed by atoms with Gasteiger partial charge in [-0.25, -0.2) is 5.48 Å². The molecule has 1 heterocycles. The summed E-state index contributed by atoms with van der Waals surface area (Å²) in [6.07, 6.45) is 4.28. The van der Waals surface area contributed by atoms with Crippen molar-refractivity contribution in [1.29, 1.82) is 0 Å². The summed E-state index contributed by atoms with van der Waals surface area (Å²) in [6, 6.07) is 5.26. The lowest BCUT2D eigenvalue weighted by Gasteiger charge is -2.19. The zero-order valence-corrected chi connectivity index (χ0v) is 14.8. The Kier molecular flexibility index (Phi) is 5.90. The summed E-state index contributed by atoms with van der Waals surface area (Å²) in [5, 5.41) is 0.717. The molecule has 1 amide bonds. The van der Waals surface area contributed by atoms with Crippen molar-refractivity contribution in [2.75, 3.05) is 0 Å². The van der Waals surface area contributed by atoms with Gasteiger partial charge in [0.05, 0.1) is 10.0 Å². The number of rotatable bonds is 7. The number of aromatic nitrogens is 1. The van der Waals surface area contributed by atoms with Gasteiger partial charge in [0.2, 0.25) is 0 Å². The molecule has 9 heteroatoms. The van der Waals surface area contributed by atoms with Crippen LogP contribution in [0.5, 0.6) is 5.75 Å². The molecule has 3 rings (SSSR count). The molecule has 1 aliphatic carbocycles. The summed E-state index contributed by atoms with van der Waals surface area (Å²) < 4.78 is 28.5. The fourth-order valence-corrected chi connectivity index (χ4v) is 3.03. The Hall–Kier alpha value is -1.96. The highest BCUT2D eigenvalue weighted by Gasteiger charge is 2.36. The lowest BCUT2D eigenvalue weighted by Crippen LogP contribution is -2.27. The number of halogens is 4. The fourth-order valence-electron chi connectivity index (χ4n) is 2.45. The van der Waals surface area contributed by atoms with E-state index in [-0.39, 0.29) is 17.2 Å². The fraction of sp³-hybridized carbons (Fsp3) is 0.294. The van der Waals surface area contributed by atoms with Crippen molar-refractivity contribution in [3.8, 4) is 5.75 Å². The lowest BCUT2D eigenvalue weighted by molar-refractivity contribution is -0.0498. The third-order valence-corrected chi connectivity index (χ3v) is 4.45. The molecule has 1 aromatic heterocycles. The van der Waals surface area contributed by atoms with Crippen LogP contribution < -0.4 is 10.2 Å². The average molecular weight is 403 g/mol. The number of alkyl halides is 2. The van der Waals surface area contributed by atoms with Crippen LogP contribution in [0.25, 0.3) is 0 Å². The number of hydrogen-bond donors (Lipinski definition) is 1. The Balaban J connectivity index is 1.67. The van der Waals surface area contributed by atoms with Crippen LogP contribution >= 0.6 is 23.2 Å². The first-order chi connectivity index (χ1) is 12.5. The number of pyridine rings is 1. The maximum atomic E-state index is 12.2. The number of nitrogens with zero attached hydrogens (tertiary/aromatic N) is 1. The largest absolute Gasteiger partial charge is 0.435 e. The van der Waals surface area contributed by atoms with Crippen LogP contribution in [0.15, 0.2) is 36.7 Å². The minimum atomic E-state index is -2.92. The molecular weight excluding hydrogens is 389 g/mol. The maximum Gasteiger partial charge on any atom is 0.387 e. The van der Waals surface area contributed by atoms with E-state index < -0.39 is 18.6 Å². The summed E-state index contributed by atoms with van der Waals surface area (Å²) in [4.78, 5) is 21.7. The molecule has 0 bridgehead atoms. The molecule has 1 fully saturated rings. The summed E-state index contributed by atoms with van der Waals surface area (Å²) >= 11 is 12.3. The van der Waals surface area contributed by atoms with Crippen LogP contribution in [-0.2, 0) is 4.84 Å². The standard InChI is InChI=1S/C17H14Cl2F2N2O3/c18-12-7-22-8-13(19)14(12)15(9-1-2-9)26-23-16(24)10-3-5-11(6-4-10)25-17(20)21/h3-9,15,17H,1-2H2,(H,23,24). The second-order valence-corrected chi connectivity index (χ2v) is 6.54. The predicted molar refractivity (Wildman–Crippen MR) is 91.3 cm³/mol. The first kappa shape index (κ1) is 18.8. The van der Waals surface area contributed by atoms with Crippen LogP contribution in [-0.4, -0.2) is 17.5 Å². The number of benzene rings is 1. The number of amides is 1. The van der Waals surface area contributed by atoms with E-state index in [4.69, 9.17) is 28.0 Å². The molecule has 1 unspecified atom stereocenters. The van der Waals surface area contributed by atoms with Gasteiger partial charge in [-0.05, 0) is 43.0 Å².